The standard InChI is InChI=1S/C18H27FN2O4S/c1-2-26(23,24)21-12-9-15(10-13-21)18(22)20-11-3-4-14-25-17-7-5-16(19)6-8-17/h5-8,15H,2-4,9-14H2,1H3,(H,20,22). The van der Waals surface area contributed by atoms with Gasteiger partial charge in [-0.2, -0.15) is 0 Å². The van der Waals surface area contributed by atoms with E-state index in [1.54, 1.807) is 19.1 Å². The van der Waals surface area contributed by atoms with Crippen molar-refractivity contribution >= 4 is 15.9 Å². The minimum Gasteiger partial charge on any atom is -0.494 e. The average Bonchev–Trinajstić information content (AvgIpc) is 2.66. The number of rotatable bonds is 9. The van der Waals surface area contributed by atoms with Crippen LogP contribution >= 0.6 is 0 Å². The molecule has 146 valence electrons. The monoisotopic (exact) mass is 386 g/mol. The third-order valence-corrected chi connectivity index (χ3v) is 6.42. The van der Waals surface area contributed by atoms with Crippen molar-refractivity contribution in [2.24, 2.45) is 5.92 Å². The highest BCUT2D eigenvalue weighted by molar-refractivity contribution is 7.89. The molecule has 0 bridgehead atoms. The minimum absolute atomic E-state index is 0.00185. The lowest BCUT2D eigenvalue weighted by Gasteiger charge is -2.30. The number of nitrogens with one attached hydrogen (secondary N) is 1. The van der Waals surface area contributed by atoms with E-state index in [9.17, 15) is 17.6 Å². The summed E-state index contributed by atoms with van der Waals surface area (Å²) in [6.07, 6.45) is 2.71. The van der Waals surface area contributed by atoms with Crippen molar-refractivity contribution in [1.29, 1.82) is 0 Å². The summed E-state index contributed by atoms with van der Waals surface area (Å²) in [5.41, 5.74) is 0. The molecule has 1 amide bonds. The van der Waals surface area contributed by atoms with Crippen molar-refractivity contribution in [3.63, 3.8) is 0 Å². The number of carbonyl (C=O) groups excluding carboxylic acids is 1. The molecule has 1 fully saturated rings. The molecule has 0 atom stereocenters. The Morgan fingerprint density at radius 3 is 2.50 bits per heavy atom. The molecular weight excluding hydrogens is 359 g/mol. The van der Waals surface area contributed by atoms with Crippen molar-refractivity contribution < 1.29 is 22.3 Å². The first kappa shape index (κ1) is 20.6. The number of ether oxygens (including phenoxy) is 1. The zero-order chi connectivity index (χ0) is 19.0. The van der Waals surface area contributed by atoms with Gasteiger partial charge >= 0.3 is 0 Å². The number of carbonyl (C=O) groups is 1. The van der Waals surface area contributed by atoms with Crippen LogP contribution in [0.5, 0.6) is 5.75 Å². The predicted molar refractivity (Wildman–Crippen MR) is 97.9 cm³/mol. The topological polar surface area (TPSA) is 75.7 Å². The molecule has 0 aliphatic carbocycles. The van der Waals surface area contributed by atoms with E-state index < -0.39 is 10.0 Å². The fourth-order valence-electron chi connectivity index (χ4n) is 2.88. The molecule has 1 aliphatic rings. The lowest BCUT2D eigenvalue weighted by molar-refractivity contribution is -0.126. The van der Waals surface area contributed by atoms with Crippen LogP contribution in [-0.2, 0) is 14.8 Å². The highest BCUT2D eigenvalue weighted by atomic mass is 32.2. The molecule has 1 aliphatic heterocycles. The first-order valence-corrected chi connectivity index (χ1v) is 10.7. The Morgan fingerprint density at radius 1 is 1.23 bits per heavy atom. The molecule has 2 rings (SSSR count). The summed E-state index contributed by atoms with van der Waals surface area (Å²) in [5.74, 6) is 0.318. The fourth-order valence-corrected chi connectivity index (χ4v) is 4.01. The maximum atomic E-state index is 12.8. The summed E-state index contributed by atoms with van der Waals surface area (Å²) in [6, 6.07) is 5.88. The molecule has 0 aromatic heterocycles. The van der Waals surface area contributed by atoms with Gasteiger partial charge in [0.25, 0.3) is 0 Å². The van der Waals surface area contributed by atoms with E-state index in [2.05, 4.69) is 5.32 Å². The number of benzene rings is 1. The molecule has 0 saturated carbocycles. The quantitative estimate of drug-likeness (QED) is 0.660. The maximum Gasteiger partial charge on any atom is 0.223 e. The van der Waals surface area contributed by atoms with Crippen LogP contribution in [0, 0.1) is 11.7 Å². The van der Waals surface area contributed by atoms with E-state index in [4.69, 9.17) is 4.74 Å². The van der Waals surface area contributed by atoms with E-state index in [1.165, 1.54) is 16.4 Å². The summed E-state index contributed by atoms with van der Waals surface area (Å²) in [5, 5.41) is 2.91. The second kappa shape index (κ2) is 9.87. The number of sulfonamides is 1. The van der Waals surface area contributed by atoms with Crippen molar-refractivity contribution in [1.82, 2.24) is 9.62 Å². The fraction of sp³-hybridized carbons (Fsp3) is 0.611. The Morgan fingerprint density at radius 2 is 1.88 bits per heavy atom. The maximum absolute atomic E-state index is 12.8. The molecule has 1 saturated heterocycles. The third kappa shape index (κ3) is 6.25. The molecule has 1 aromatic rings. The molecular formula is C18H27FN2O4S. The van der Waals surface area contributed by atoms with Crippen LogP contribution in [0.2, 0.25) is 0 Å². The first-order valence-electron chi connectivity index (χ1n) is 9.06. The first-order chi connectivity index (χ1) is 12.4. The third-order valence-electron chi connectivity index (χ3n) is 4.54. The van der Waals surface area contributed by atoms with Gasteiger partial charge in [-0.05, 0) is 56.9 Å². The number of unbranched alkanes of at least 4 members (excludes halogenated alkanes) is 1. The number of piperidine rings is 1. The Bertz CT molecular complexity index is 671. The summed E-state index contributed by atoms with van der Waals surface area (Å²) in [7, 11) is -3.16. The Kier molecular flexibility index (Phi) is 7.84. The van der Waals surface area contributed by atoms with Crippen molar-refractivity contribution in [2.45, 2.75) is 32.6 Å². The van der Waals surface area contributed by atoms with E-state index in [0.717, 1.165) is 12.8 Å². The molecule has 26 heavy (non-hydrogen) atoms. The summed E-state index contributed by atoms with van der Waals surface area (Å²) < 4.78 is 43.4. The van der Waals surface area contributed by atoms with Crippen LogP contribution in [0.15, 0.2) is 24.3 Å². The van der Waals surface area contributed by atoms with Crippen molar-refractivity contribution in [2.75, 3.05) is 32.0 Å². The smallest absolute Gasteiger partial charge is 0.223 e. The molecule has 0 radical (unpaired) electrons. The molecule has 1 aromatic carbocycles. The second-order valence-corrected chi connectivity index (χ2v) is 8.63. The molecule has 0 unspecified atom stereocenters. The van der Waals surface area contributed by atoms with Crippen molar-refractivity contribution in [3.05, 3.63) is 30.1 Å². The number of hydrogen-bond donors (Lipinski definition) is 1. The lowest BCUT2D eigenvalue weighted by Crippen LogP contribution is -2.43. The molecule has 1 heterocycles. The van der Waals surface area contributed by atoms with Crippen LogP contribution < -0.4 is 10.1 Å². The lowest BCUT2D eigenvalue weighted by atomic mass is 9.97. The molecule has 1 N–H and O–H groups in total. The van der Waals surface area contributed by atoms with Crippen LogP contribution in [0.1, 0.15) is 32.6 Å². The van der Waals surface area contributed by atoms with E-state index in [-0.39, 0.29) is 23.4 Å². The van der Waals surface area contributed by atoms with E-state index in [0.29, 0.717) is 44.8 Å². The molecule has 8 heteroatoms. The van der Waals surface area contributed by atoms with Gasteiger partial charge in [-0.1, -0.05) is 0 Å². The molecule has 0 spiro atoms. The Balaban J connectivity index is 1.57. The summed E-state index contributed by atoms with van der Waals surface area (Å²) >= 11 is 0. The zero-order valence-corrected chi connectivity index (χ0v) is 15.9. The van der Waals surface area contributed by atoms with Gasteiger partial charge in [-0.3, -0.25) is 4.79 Å². The van der Waals surface area contributed by atoms with E-state index in [1.807, 2.05) is 0 Å². The van der Waals surface area contributed by atoms with Crippen LogP contribution in [0.4, 0.5) is 4.39 Å². The SMILES string of the molecule is CCS(=O)(=O)N1CCC(C(=O)NCCCCOc2ccc(F)cc2)CC1. The highest BCUT2D eigenvalue weighted by Gasteiger charge is 2.29. The predicted octanol–water partition coefficient (Wildman–Crippen LogP) is 2.16. The Hall–Kier alpha value is -1.67. The summed E-state index contributed by atoms with van der Waals surface area (Å²) in [4.78, 5) is 12.2. The van der Waals surface area contributed by atoms with Gasteiger partial charge in [0.15, 0.2) is 0 Å². The normalized spacial score (nSPS) is 16.4. The van der Waals surface area contributed by atoms with Gasteiger partial charge < -0.3 is 10.1 Å². The largest absolute Gasteiger partial charge is 0.494 e. The number of nitrogens with zero attached hydrogens (tertiary/aromatic N) is 1. The van der Waals surface area contributed by atoms with Crippen LogP contribution in [0.25, 0.3) is 0 Å². The van der Waals surface area contributed by atoms with Crippen LogP contribution in [-0.4, -0.2) is 50.6 Å². The van der Waals surface area contributed by atoms with Gasteiger partial charge in [-0.25, -0.2) is 17.1 Å². The Labute approximate surface area is 154 Å². The average molecular weight is 386 g/mol. The van der Waals surface area contributed by atoms with Gasteiger partial charge in [0.05, 0.1) is 12.4 Å². The zero-order valence-electron chi connectivity index (χ0n) is 15.1. The van der Waals surface area contributed by atoms with Gasteiger partial charge in [0.2, 0.25) is 15.9 Å². The van der Waals surface area contributed by atoms with Crippen LogP contribution in [0.3, 0.4) is 0 Å². The molecule has 6 nitrogen and oxygen atoms in total. The van der Waals surface area contributed by atoms with Gasteiger partial charge in [0, 0.05) is 25.6 Å². The number of halogens is 1. The minimum atomic E-state index is -3.16. The number of amides is 1. The highest BCUT2D eigenvalue weighted by Crippen LogP contribution is 2.20. The second-order valence-electron chi connectivity index (χ2n) is 6.37. The van der Waals surface area contributed by atoms with Gasteiger partial charge in [0.1, 0.15) is 11.6 Å². The number of hydrogen-bond acceptors (Lipinski definition) is 4. The summed E-state index contributed by atoms with van der Waals surface area (Å²) in [6.45, 7) is 3.54. The van der Waals surface area contributed by atoms with Gasteiger partial charge in [-0.15, -0.1) is 0 Å². The van der Waals surface area contributed by atoms with E-state index >= 15 is 0 Å². The van der Waals surface area contributed by atoms with Crippen molar-refractivity contribution in [3.8, 4) is 5.75 Å².